The molecule has 146 valence electrons. The number of hydrogen-bond acceptors (Lipinski definition) is 4. The van der Waals surface area contributed by atoms with E-state index in [1.54, 1.807) is 0 Å². The number of likely N-dealkylation sites (tertiary alicyclic amines) is 1. The number of para-hydroxylation sites is 1. The third kappa shape index (κ3) is 3.24. The molecule has 6 heteroatoms. The average molecular weight is 370 g/mol. The smallest absolute Gasteiger partial charge is 0.321 e. The van der Waals surface area contributed by atoms with E-state index < -0.39 is 0 Å². The van der Waals surface area contributed by atoms with Gasteiger partial charge < -0.3 is 15.0 Å². The monoisotopic (exact) mass is 370 g/mol. The van der Waals surface area contributed by atoms with E-state index in [0.717, 1.165) is 57.7 Å². The average Bonchev–Trinajstić information content (AvgIpc) is 3.20. The fourth-order valence-electron chi connectivity index (χ4n) is 5.59. The molecule has 3 heterocycles. The molecular weight excluding hydrogens is 340 g/mol. The summed E-state index contributed by atoms with van der Waals surface area (Å²) in [5, 5.41) is 3.07. The Balaban J connectivity index is 1.30. The summed E-state index contributed by atoms with van der Waals surface area (Å²) < 4.78 is 5.76. The summed E-state index contributed by atoms with van der Waals surface area (Å²) in [6.07, 6.45) is 5.45. The Bertz CT molecular complexity index is 670. The largest absolute Gasteiger partial charge is 0.378 e. The van der Waals surface area contributed by atoms with Crippen LogP contribution in [0.2, 0.25) is 0 Å². The first-order valence-electron chi connectivity index (χ1n) is 10.4. The highest BCUT2D eigenvalue weighted by Crippen LogP contribution is 2.39. The molecule has 1 atom stereocenters. The lowest BCUT2D eigenvalue weighted by Crippen LogP contribution is -2.81. The number of fused-ring (bicyclic) bond motifs is 2. The topological polar surface area (TPSA) is 48.1 Å². The zero-order valence-electron chi connectivity index (χ0n) is 16.0. The summed E-state index contributed by atoms with van der Waals surface area (Å²) >= 11 is 0. The van der Waals surface area contributed by atoms with Crippen molar-refractivity contribution in [1.82, 2.24) is 14.7 Å². The highest BCUT2D eigenvalue weighted by molar-refractivity contribution is 5.89. The van der Waals surface area contributed by atoms with Crippen molar-refractivity contribution in [2.45, 2.75) is 43.3 Å². The number of anilines is 1. The maximum Gasteiger partial charge on any atom is 0.321 e. The summed E-state index contributed by atoms with van der Waals surface area (Å²) in [6, 6.07) is 10.9. The van der Waals surface area contributed by atoms with E-state index >= 15 is 0 Å². The second-order valence-electron chi connectivity index (χ2n) is 8.67. The van der Waals surface area contributed by atoms with Gasteiger partial charge in [0, 0.05) is 44.5 Å². The first-order chi connectivity index (χ1) is 13.2. The lowest BCUT2D eigenvalue weighted by molar-refractivity contribution is -0.164. The van der Waals surface area contributed by atoms with Gasteiger partial charge in [0.1, 0.15) is 0 Å². The predicted molar refractivity (Wildman–Crippen MR) is 105 cm³/mol. The van der Waals surface area contributed by atoms with E-state index in [2.05, 4.69) is 15.1 Å². The molecule has 1 aromatic carbocycles. The van der Waals surface area contributed by atoms with Crippen LogP contribution in [-0.2, 0) is 4.74 Å². The van der Waals surface area contributed by atoms with Gasteiger partial charge in [-0.1, -0.05) is 31.0 Å². The second kappa shape index (κ2) is 7.08. The Morgan fingerprint density at radius 1 is 1.07 bits per heavy atom. The second-order valence-corrected chi connectivity index (χ2v) is 8.67. The van der Waals surface area contributed by atoms with Gasteiger partial charge in [-0.2, -0.15) is 0 Å². The number of ether oxygens (including phenoxy) is 1. The standard InChI is InChI=1S/C21H30N4O2/c26-20(22-17-6-2-1-3-7-17)23-12-19-13-27-11-10-25(19)21(14-23)15-24(16-21)18-8-4-5-9-18/h1-3,6-7,18-19H,4-5,8-16H2,(H,22,26)/t19-/m1/s1. The molecule has 27 heavy (non-hydrogen) atoms. The van der Waals surface area contributed by atoms with Gasteiger partial charge in [0.25, 0.3) is 0 Å². The fraction of sp³-hybridized carbons (Fsp3) is 0.667. The number of rotatable bonds is 2. The first-order valence-corrected chi connectivity index (χ1v) is 10.4. The van der Waals surface area contributed by atoms with Crippen molar-refractivity contribution in [3.05, 3.63) is 30.3 Å². The molecule has 0 unspecified atom stereocenters. The van der Waals surface area contributed by atoms with Crippen molar-refractivity contribution in [2.75, 3.05) is 51.3 Å². The number of urea groups is 1. The lowest BCUT2D eigenvalue weighted by atomic mass is 9.81. The molecule has 4 fully saturated rings. The van der Waals surface area contributed by atoms with Crippen LogP contribution in [0.25, 0.3) is 0 Å². The normalized spacial score (nSPS) is 28.7. The van der Waals surface area contributed by atoms with Crippen molar-refractivity contribution < 1.29 is 9.53 Å². The van der Waals surface area contributed by atoms with Crippen molar-refractivity contribution in [2.24, 2.45) is 0 Å². The zero-order chi connectivity index (χ0) is 18.3. The van der Waals surface area contributed by atoms with Crippen molar-refractivity contribution in [3.63, 3.8) is 0 Å². The number of nitrogens with zero attached hydrogens (tertiary/aromatic N) is 3. The van der Waals surface area contributed by atoms with Gasteiger partial charge in [-0.05, 0) is 25.0 Å². The van der Waals surface area contributed by atoms with Gasteiger partial charge in [0.15, 0.2) is 0 Å². The van der Waals surface area contributed by atoms with E-state index in [9.17, 15) is 4.79 Å². The summed E-state index contributed by atoms with van der Waals surface area (Å²) in [6.45, 7) is 6.33. The molecule has 1 N–H and O–H groups in total. The quantitative estimate of drug-likeness (QED) is 0.867. The number of hydrogen-bond donors (Lipinski definition) is 1. The van der Waals surface area contributed by atoms with Gasteiger partial charge in [-0.15, -0.1) is 0 Å². The minimum absolute atomic E-state index is 0.0186. The molecule has 4 aliphatic rings. The molecule has 1 spiro atoms. The number of benzene rings is 1. The van der Waals surface area contributed by atoms with Gasteiger partial charge in [-0.3, -0.25) is 9.80 Å². The predicted octanol–water partition coefficient (Wildman–Crippen LogP) is 2.23. The number of nitrogens with one attached hydrogen (secondary N) is 1. The number of morpholine rings is 1. The minimum atomic E-state index is 0.0186. The highest BCUT2D eigenvalue weighted by Gasteiger charge is 2.56. The van der Waals surface area contributed by atoms with Crippen LogP contribution in [-0.4, -0.2) is 84.3 Å². The van der Waals surface area contributed by atoms with Gasteiger partial charge >= 0.3 is 6.03 Å². The summed E-state index contributed by atoms with van der Waals surface area (Å²) in [5.41, 5.74) is 0.976. The summed E-state index contributed by atoms with van der Waals surface area (Å²) in [5.74, 6) is 0. The molecule has 2 amide bonds. The van der Waals surface area contributed by atoms with Crippen LogP contribution in [0.15, 0.2) is 30.3 Å². The van der Waals surface area contributed by atoms with Gasteiger partial charge in [-0.25, -0.2) is 4.79 Å². The third-order valence-corrected chi connectivity index (χ3v) is 6.90. The van der Waals surface area contributed by atoms with Gasteiger partial charge in [0.2, 0.25) is 0 Å². The lowest BCUT2D eigenvalue weighted by Gasteiger charge is -2.64. The summed E-state index contributed by atoms with van der Waals surface area (Å²) in [4.78, 5) is 20.3. The molecular formula is C21H30N4O2. The Morgan fingerprint density at radius 3 is 2.63 bits per heavy atom. The Kier molecular flexibility index (Phi) is 4.58. The number of piperazine rings is 1. The molecule has 5 rings (SSSR count). The molecule has 6 nitrogen and oxygen atoms in total. The van der Waals surface area contributed by atoms with E-state index in [1.165, 1.54) is 25.7 Å². The van der Waals surface area contributed by atoms with Crippen molar-refractivity contribution in [1.29, 1.82) is 0 Å². The third-order valence-electron chi connectivity index (χ3n) is 6.90. The Hall–Kier alpha value is -1.63. The van der Waals surface area contributed by atoms with Crippen LogP contribution < -0.4 is 5.32 Å². The number of carbonyl (C=O) groups is 1. The molecule has 0 aromatic heterocycles. The molecule has 3 aliphatic heterocycles. The number of carbonyl (C=O) groups excluding carboxylic acids is 1. The van der Waals surface area contributed by atoms with Crippen LogP contribution in [0.5, 0.6) is 0 Å². The van der Waals surface area contributed by atoms with Crippen LogP contribution in [0.1, 0.15) is 25.7 Å². The molecule has 1 saturated carbocycles. The van der Waals surface area contributed by atoms with E-state index in [1.807, 2.05) is 35.2 Å². The maximum atomic E-state index is 12.9. The highest BCUT2D eigenvalue weighted by atomic mass is 16.5. The fourth-order valence-corrected chi connectivity index (χ4v) is 5.59. The minimum Gasteiger partial charge on any atom is -0.378 e. The first kappa shape index (κ1) is 17.5. The van der Waals surface area contributed by atoms with Gasteiger partial charge in [0.05, 0.1) is 24.8 Å². The van der Waals surface area contributed by atoms with Crippen molar-refractivity contribution in [3.8, 4) is 0 Å². The Morgan fingerprint density at radius 2 is 1.85 bits per heavy atom. The molecule has 1 aromatic rings. The molecule has 0 bridgehead atoms. The van der Waals surface area contributed by atoms with E-state index in [0.29, 0.717) is 6.04 Å². The van der Waals surface area contributed by atoms with Crippen LogP contribution in [0.4, 0.5) is 10.5 Å². The molecule has 1 aliphatic carbocycles. The zero-order valence-corrected chi connectivity index (χ0v) is 16.0. The Labute approximate surface area is 161 Å². The van der Waals surface area contributed by atoms with Crippen LogP contribution in [0, 0.1) is 0 Å². The summed E-state index contributed by atoms with van der Waals surface area (Å²) in [7, 11) is 0. The van der Waals surface area contributed by atoms with E-state index in [-0.39, 0.29) is 11.6 Å². The van der Waals surface area contributed by atoms with Crippen molar-refractivity contribution >= 4 is 11.7 Å². The molecule has 3 saturated heterocycles. The van der Waals surface area contributed by atoms with E-state index in [4.69, 9.17) is 4.74 Å². The van der Waals surface area contributed by atoms with Crippen LogP contribution >= 0.6 is 0 Å². The maximum absolute atomic E-state index is 12.9. The van der Waals surface area contributed by atoms with Crippen LogP contribution in [0.3, 0.4) is 0 Å². The molecule has 0 radical (unpaired) electrons. The SMILES string of the molecule is O=C(Nc1ccccc1)N1C[C@@H]2COCCN2C2(C1)CN(C1CCCC1)C2. The number of amides is 2.